The first-order valence-corrected chi connectivity index (χ1v) is 4.23. The van der Waals surface area contributed by atoms with Gasteiger partial charge in [0.2, 0.25) is 0 Å². The lowest BCUT2D eigenvalue weighted by Gasteiger charge is -2.01. The van der Waals surface area contributed by atoms with Gasteiger partial charge in [-0.15, -0.1) is 0 Å². The number of hydrogen-bond donors (Lipinski definition) is 3. The summed E-state index contributed by atoms with van der Waals surface area (Å²) in [5.41, 5.74) is 5.57. The molecule has 0 saturated carbocycles. The zero-order valence-corrected chi connectivity index (χ0v) is 8.80. The fraction of sp³-hybridized carbons (Fsp3) is 0.125. The molecular formula is C8H9Cl2NO3. The highest BCUT2D eigenvalue weighted by molar-refractivity contribution is 6.39. The van der Waals surface area contributed by atoms with Crippen molar-refractivity contribution in [3.63, 3.8) is 0 Å². The van der Waals surface area contributed by atoms with Gasteiger partial charge in [0.1, 0.15) is 10.8 Å². The number of hydrogen-bond acceptors (Lipinski definition) is 3. The van der Waals surface area contributed by atoms with Crippen LogP contribution in [-0.4, -0.2) is 16.2 Å². The zero-order chi connectivity index (χ0) is 11.3. The minimum Gasteiger partial charge on any atom is -0.506 e. The van der Waals surface area contributed by atoms with Crippen molar-refractivity contribution in [3.8, 4) is 5.75 Å². The molecular weight excluding hydrogens is 229 g/mol. The first-order valence-electron chi connectivity index (χ1n) is 3.48. The van der Waals surface area contributed by atoms with Gasteiger partial charge in [-0.3, -0.25) is 4.79 Å². The SMILES string of the molecule is CC(=O)O.Nc1c(Cl)ccc(O)c1Cl. The van der Waals surface area contributed by atoms with Gasteiger partial charge in [0, 0.05) is 6.92 Å². The minimum atomic E-state index is -0.833. The van der Waals surface area contributed by atoms with Gasteiger partial charge in [0.25, 0.3) is 5.97 Å². The van der Waals surface area contributed by atoms with Crippen molar-refractivity contribution in [1.29, 1.82) is 0 Å². The molecule has 4 N–H and O–H groups in total. The van der Waals surface area contributed by atoms with E-state index < -0.39 is 5.97 Å². The van der Waals surface area contributed by atoms with Gasteiger partial charge in [-0.1, -0.05) is 23.2 Å². The van der Waals surface area contributed by atoms with E-state index in [9.17, 15) is 0 Å². The van der Waals surface area contributed by atoms with E-state index in [0.29, 0.717) is 5.02 Å². The molecule has 0 radical (unpaired) electrons. The molecule has 0 atom stereocenters. The Hall–Kier alpha value is -1.13. The van der Waals surface area contributed by atoms with Gasteiger partial charge in [-0.2, -0.15) is 0 Å². The second-order valence-electron chi connectivity index (χ2n) is 2.31. The first kappa shape index (κ1) is 12.9. The number of carboxylic acid groups (broad SMARTS) is 1. The summed E-state index contributed by atoms with van der Waals surface area (Å²) in [6.45, 7) is 1.08. The molecule has 14 heavy (non-hydrogen) atoms. The average Bonchev–Trinajstić information content (AvgIpc) is 2.07. The molecule has 0 aliphatic carbocycles. The van der Waals surface area contributed by atoms with E-state index in [1.165, 1.54) is 12.1 Å². The van der Waals surface area contributed by atoms with Gasteiger partial charge in [0.15, 0.2) is 0 Å². The van der Waals surface area contributed by atoms with E-state index in [2.05, 4.69) is 0 Å². The molecule has 6 heteroatoms. The van der Waals surface area contributed by atoms with E-state index in [4.69, 9.17) is 43.9 Å². The third-order valence-electron chi connectivity index (χ3n) is 1.11. The highest BCUT2D eigenvalue weighted by Gasteiger charge is 2.04. The number of halogens is 2. The number of benzene rings is 1. The molecule has 0 aliphatic rings. The average molecular weight is 238 g/mol. The normalized spacial score (nSPS) is 8.79. The Kier molecular flexibility index (Phi) is 5.12. The molecule has 1 aromatic carbocycles. The van der Waals surface area contributed by atoms with Crippen LogP contribution in [0.1, 0.15) is 6.92 Å². The lowest BCUT2D eigenvalue weighted by molar-refractivity contribution is -0.134. The van der Waals surface area contributed by atoms with Crippen molar-refractivity contribution in [3.05, 3.63) is 22.2 Å². The topological polar surface area (TPSA) is 83.5 Å². The van der Waals surface area contributed by atoms with Crippen molar-refractivity contribution < 1.29 is 15.0 Å². The van der Waals surface area contributed by atoms with Crippen LogP contribution in [-0.2, 0) is 4.79 Å². The summed E-state index contributed by atoms with van der Waals surface area (Å²) in [7, 11) is 0. The molecule has 4 nitrogen and oxygen atoms in total. The maximum atomic E-state index is 9.00. The van der Waals surface area contributed by atoms with Crippen LogP contribution >= 0.6 is 23.2 Å². The molecule has 0 saturated heterocycles. The summed E-state index contributed by atoms with van der Waals surface area (Å²) in [6.07, 6.45) is 0. The van der Waals surface area contributed by atoms with Gasteiger partial charge in [-0.05, 0) is 12.1 Å². The zero-order valence-electron chi connectivity index (χ0n) is 7.29. The molecule has 0 aliphatic heterocycles. The van der Waals surface area contributed by atoms with Crippen LogP contribution in [0.15, 0.2) is 12.1 Å². The molecule has 0 fully saturated rings. The van der Waals surface area contributed by atoms with Crippen LogP contribution in [0, 0.1) is 0 Å². The van der Waals surface area contributed by atoms with Gasteiger partial charge in [-0.25, -0.2) is 0 Å². The Morgan fingerprint density at radius 2 is 1.86 bits per heavy atom. The van der Waals surface area contributed by atoms with Crippen molar-refractivity contribution in [1.82, 2.24) is 0 Å². The molecule has 0 spiro atoms. The monoisotopic (exact) mass is 237 g/mol. The fourth-order valence-corrected chi connectivity index (χ4v) is 0.929. The number of phenolic OH excluding ortho intramolecular Hbond substituents is 1. The van der Waals surface area contributed by atoms with E-state index in [1.54, 1.807) is 0 Å². The second-order valence-corrected chi connectivity index (χ2v) is 3.10. The van der Waals surface area contributed by atoms with Gasteiger partial charge < -0.3 is 15.9 Å². The van der Waals surface area contributed by atoms with Crippen LogP contribution in [0.4, 0.5) is 5.69 Å². The van der Waals surface area contributed by atoms with E-state index >= 15 is 0 Å². The third-order valence-corrected chi connectivity index (χ3v) is 1.83. The maximum absolute atomic E-state index is 9.00. The molecule has 1 rings (SSSR count). The number of nitrogen functional groups attached to an aromatic ring is 1. The van der Waals surface area contributed by atoms with E-state index in [1.807, 2.05) is 0 Å². The van der Waals surface area contributed by atoms with Crippen molar-refractivity contribution in [2.75, 3.05) is 5.73 Å². The predicted octanol–water partition coefficient (Wildman–Crippen LogP) is 2.37. The summed E-state index contributed by atoms with van der Waals surface area (Å²) in [6, 6.07) is 2.87. The Bertz CT molecular complexity index is 311. The quantitative estimate of drug-likeness (QED) is 0.606. The van der Waals surface area contributed by atoms with Crippen LogP contribution in [0.2, 0.25) is 10.0 Å². The Morgan fingerprint density at radius 3 is 2.21 bits per heavy atom. The number of anilines is 1. The first-order chi connectivity index (χ1) is 6.36. The van der Waals surface area contributed by atoms with E-state index in [0.717, 1.165) is 6.92 Å². The molecule has 0 amide bonds. The standard InChI is InChI=1S/C6H5Cl2NO.C2H4O2/c7-3-1-2-4(10)5(8)6(3)9;1-2(3)4/h1-2,10H,9H2;1H3,(H,3,4). The number of aromatic hydroxyl groups is 1. The lowest BCUT2D eigenvalue weighted by atomic mass is 10.3. The third kappa shape index (κ3) is 4.20. The summed E-state index contributed by atoms with van der Waals surface area (Å²) in [5, 5.41) is 16.8. The van der Waals surface area contributed by atoms with Crippen LogP contribution in [0.3, 0.4) is 0 Å². The highest BCUT2D eigenvalue weighted by Crippen LogP contribution is 2.34. The largest absolute Gasteiger partial charge is 0.506 e. The number of carboxylic acids is 1. The Morgan fingerprint density at radius 1 is 1.43 bits per heavy atom. The number of nitrogens with two attached hydrogens (primary N) is 1. The van der Waals surface area contributed by atoms with Crippen molar-refractivity contribution in [2.45, 2.75) is 6.92 Å². The molecule has 0 aromatic heterocycles. The Labute approximate surface area is 90.9 Å². The van der Waals surface area contributed by atoms with Crippen LogP contribution in [0.5, 0.6) is 5.75 Å². The number of rotatable bonds is 0. The van der Waals surface area contributed by atoms with Crippen LogP contribution < -0.4 is 5.73 Å². The minimum absolute atomic E-state index is 0.0523. The summed E-state index contributed by atoms with van der Waals surface area (Å²) < 4.78 is 0. The fourth-order valence-electron chi connectivity index (χ4n) is 0.558. The number of phenols is 1. The molecule has 1 aromatic rings. The van der Waals surface area contributed by atoms with Gasteiger partial charge in [0.05, 0.1) is 10.7 Å². The molecule has 0 heterocycles. The van der Waals surface area contributed by atoms with Crippen molar-refractivity contribution >= 4 is 34.9 Å². The Balaban J connectivity index is 0.000000364. The molecule has 0 bridgehead atoms. The summed E-state index contributed by atoms with van der Waals surface area (Å²) >= 11 is 11.1. The molecule has 0 unspecified atom stereocenters. The van der Waals surface area contributed by atoms with Gasteiger partial charge >= 0.3 is 0 Å². The van der Waals surface area contributed by atoms with Crippen molar-refractivity contribution in [2.24, 2.45) is 0 Å². The number of carbonyl (C=O) groups is 1. The highest BCUT2D eigenvalue weighted by atomic mass is 35.5. The second kappa shape index (κ2) is 5.57. The molecule has 78 valence electrons. The predicted molar refractivity (Wildman–Crippen MR) is 55.8 cm³/mol. The lowest BCUT2D eigenvalue weighted by Crippen LogP contribution is -1.86. The number of aliphatic carboxylic acids is 1. The smallest absolute Gasteiger partial charge is 0.300 e. The van der Waals surface area contributed by atoms with E-state index in [-0.39, 0.29) is 16.5 Å². The summed E-state index contributed by atoms with van der Waals surface area (Å²) in [5.74, 6) is -0.886. The summed E-state index contributed by atoms with van der Waals surface area (Å²) in [4.78, 5) is 9.00. The maximum Gasteiger partial charge on any atom is 0.300 e. The van der Waals surface area contributed by atoms with Crippen LogP contribution in [0.25, 0.3) is 0 Å².